The van der Waals surface area contributed by atoms with Crippen LogP contribution in [0.5, 0.6) is 0 Å². The Kier molecular flexibility index (Phi) is 5.27. The summed E-state index contributed by atoms with van der Waals surface area (Å²) in [6.45, 7) is 2.71. The van der Waals surface area contributed by atoms with Crippen LogP contribution in [0.3, 0.4) is 0 Å². The van der Waals surface area contributed by atoms with Gasteiger partial charge < -0.3 is 14.8 Å². The van der Waals surface area contributed by atoms with Gasteiger partial charge in [0, 0.05) is 11.6 Å². The van der Waals surface area contributed by atoms with Crippen molar-refractivity contribution in [2.45, 2.75) is 25.5 Å². The fourth-order valence-corrected chi connectivity index (χ4v) is 3.13. The summed E-state index contributed by atoms with van der Waals surface area (Å²) in [6, 6.07) is 5.13. The van der Waals surface area contributed by atoms with Crippen molar-refractivity contribution in [1.29, 1.82) is 0 Å². The molecule has 1 atom stereocenters. The Morgan fingerprint density at radius 3 is 3.17 bits per heavy atom. The molecule has 1 aromatic heterocycles. The minimum Gasteiger partial charge on any atom is -0.394 e. The van der Waals surface area contributed by atoms with Crippen LogP contribution in [0.1, 0.15) is 18.7 Å². The van der Waals surface area contributed by atoms with Gasteiger partial charge in [0.2, 0.25) is 0 Å². The van der Waals surface area contributed by atoms with E-state index >= 15 is 0 Å². The van der Waals surface area contributed by atoms with Gasteiger partial charge in [-0.1, -0.05) is 11.6 Å². The Morgan fingerprint density at radius 1 is 1.48 bits per heavy atom. The van der Waals surface area contributed by atoms with Crippen LogP contribution in [-0.4, -0.2) is 52.4 Å². The molecule has 7 heteroatoms. The Balaban J connectivity index is 1.73. The monoisotopic (exact) mass is 337 g/mol. The van der Waals surface area contributed by atoms with Crippen LogP contribution in [0.2, 0.25) is 5.02 Å². The molecule has 0 bridgehead atoms. The van der Waals surface area contributed by atoms with E-state index in [0.717, 1.165) is 25.9 Å². The number of nitrogens with zero attached hydrogens (tertiary/aromatic N) is 2. The van der Waals surface area contributed by atoms with Crippen molar-refractivity contribution in [3.8, 4) is 0 Å². The first kappa shape index (κ1) is 16.4. The van der Waals surface area contributed by atoms with Gasteiger partial charge in [-0.15, -0.1) is 0 Å². The summed E-state index contributed by atoms with van der Waals surface area (Å²) in [5, 5.41) is 9.88. The number of fused-ring (bicyclic) bond motifs is 1. The molecule has 1 aromatic carbocycles. The van der Waals surface area contributed by atoms with Gasteiger partial charge >= 0.3 is 0 Å². The van der Waals surface area contributed by atoms with Crippen molar-refractivity contribution >= 4 is 22.5 Å². The predicted molar refractivity (Wildman–Crippen MR) is 88.7 cm³/mol. The minimum absolute atomic E-state index is 0.0403. The molecule has 3 rings (SSSR count). The standard InChI is InChI=1S/C16H20ClN3O3/c17-11-3-4-14-13(8-11)16(22)19-15(18-14)10-20-5-1-2-12(9-20)23-7-6-21/h3-4,8,12,21H,1-2,5-7,9-10H2,(H,18,19,22)/t12-/m0/s1. The van der Waals surface area contributed by atoms with Gasteiger partial charge in [0.05, 0.1) is 36.8 Å². The predicted octanol–water partition coefficient (Wildman–Crippen LogP) is 1.55. The van der Waals surface area contributed by atoms with E-state index in [0.29, 0.717) is 34.9 Å². The summed E-state index contributed by atoms with van der Waals surface area (Å²) in [5.41, 5.74) is 0.482. The largest absolute Gasteiger partial charge is 0.394 e. The molecule has 23 heavy (non-hydrogen) atoms. The average molecular weight is 338 g/mol. The van der Waals surface area contributed by atoms with Crippen LogP contribution in [0.25, 0.3) is 10.9 Å². The number of aliphatic hydroxyl groups excluding tert-OH is 1. The highest BCUT2D eigenvalue weighted by molar-refractivity contribution is 6.31. The molecule has 2 N–H and O–H groups in total. The molecule has 6 nitrogen and oxygen atoms in total. The number of ether oxygens (including phenoxy) is 1. The summed E-state index contributed by atoms with van der Waals surface area (Å²) in [7, 11) is 0. The molecule has 0 saturated carbocycles. The molecule has 0 aliphatic carbocycles. The highest BCUT2D eigenvalue weighted by atomic mass is 35.5. The number of hydrogen-bond acceptors (Lipinski definition) is 5. The molecule has 124 valence electrons. The SMILES string of the molecule is O=c1[nH]c(CN2CCC[C@H](OCCO)C2)nc2ccc(Cl)cc12. The van der Waals surface area contributed by atoms with Gasteiger partial charge in [0.25, 0.3) is 5.56 Å². The molecule has 0 spiro atoms. The van der Waals surface area contributed by atoms with Crippen LogP contribution in [0.4, 0.5) is 0 Å². The van der Waals surface area contributed by atoms with E-state index in [1.165, 1.54) is 0 Å². The Hall–Kier alpha value is -1.47. The lowest BCUT2D eigenvalue weighted by molar-refractivity contribution is -0.0167. The molecular formula is C16H20ClN3O3. The second-order valence-electron chi connectivity index (χ2n) is 5.77. The molecule has 0 unspecified atom stereocenters. The Labute approximate surface area is 139 Å². The highest BCUT2D eigenvalue weighted by Crippen LogP contribution is 2.17. The molecule has 1 aliphatic rings. The van der Waals surface area contributed by atoms with Crippen LogP contribution in [0, 0.1) is 0 Å². The number of aliphatic hydroxyl groups is 1. The molecule has 0 radical (unpaired) electrons. The van der Waals surface area contributed by atoms with Crippen LogP contribution >= 0.6 is 11.6 Å². The fourth-order valence-electron chi connectivity index (χ4n) is 2.96. The first-order valence-corrected chi connectivity index (χ1v) is 8.17. The first-order chi connectivity index (χ1) is 11.2. The smallest absolute Gasteiger partial charge is 0.258 e. The number of aromatic nitrogens is 2. The number of H-pyrrole nitrogens is 1. The molecule has 1 fully saturated rings. The van der Waals surface area contributed by atoms with Gasteiger partial charge in [-0.25, -0.2) is 4.98 Å². The molecule has 1 saturated heterocycles. The lowest BCUT2D eigenvalue weighted by atomic mass is 10.1. The van der Waals surface area contributed by atoms with Crippen LogP contribution < -0.4 is 5.56 Å². The summed E-state index contributed by atoms with van der Waals surface area (Å²) in [6.07, 6.45) is 2.15. The zero-order valence-electron chi connectivity index (χ0n) is 12.8. The summed E-state index contributed by atoms with van der Waals surface area (Å²) < 4.78 is 5.61. The van der Waals surface area contributed by atoms with Crippen LogP contribution in [-0.2, 0) is 11.3 Å². The third-order valence-corrected chi connectivity index (χ3v) is 4.23. The number of halogens is 1. The van der Waals surface area contributed by atoms with Gasteiger partial charge in [0.1, 0.15) is 5.82 Å². The van der Waals surface area contributed by atoms with Crippen molar-refractivity contribution < 1.29 is 9.84 Å². The summed E-state index contributed by atoms with van der Waals surface area (Å²) >= 11 is 5.92. The molecule has 1 aliphatic heterocycles. The van der Waals surface area contributed by atoms with Crippen molar-refractivity contribution in [3.05, 3.63) is 39.4 Å². The number of piperidine rings is 1. The average Bonchev–Trinajstić information content (AvgIpc) is 2.54. The van der Waals surface area contributed by atoms with E-state index in [4.69, 9.17) is 21.4 Å². The maximum Gasteiger partial charge on any atom is 0.258 e. The maximum absolute atomic E-state index is 12.2. The lowest BCUT2D eigenvalue weighted by Gasteiger charge is -2.32. The summed E-state index contributed by atoms with van der Waals surface area (Å²) in [4.78, 5) is 21.7. The normalized spacial score (nSPS) is 19.3. The molecule has 2 heterocycles. The Bertz CT molecular complexity index is 734. The van der Waals surface area contributed by atoms with Gasteiger partial charge in [-0.2, -0.15) is 0 Å². The number of likely N-dealkylation sites (tertiary alicyclic amines) is 1. The number of benzene rings is 1. The van der Waals surface area contributed by atoms with Crippen LogP contribution in [0.15, 0.2) is 23.0 Å². The lowest BCUT2D eigenvalue weighted by Crippen LogP contribution is -2.40. The first-order valence-electron chi connectivity index (χ1n) is 7.79. The zero-order chi connectivity index (χ0) is 16.2. The minimum atomic E-state index is -0.169. The fraction of sp³-hybridized carbons (Fsp3) is 0.500. The summed E-state index contributed by atoms with van der Waals surface area (Å²) in [5.74, 6) is 0.646. The van der Waals surface area contributed by atoms with E-state index in [9.17, 15) is 4.79 Å². The van der Waals surface area contributed by atoms with Gasteiger partial charge in [0.15, 0.2) is 0 Å². The number of nitrogens with one attached hydrogen (secondary N) is 1. The van der Waals surface area contributed by atoms with Crippen molar-refractivity contribution in [2.75, 3.05) is 26.3 Å². The maximum atomic E-state index is 12.2. The highest BCUT2D eigenvalue weighted by Gasteiger charge is 2.21. The Morgan fingerprint density at radius 2 is 2.35 bits per heavy atom. The second-order valence-corrected chi connectivity index (χ2v) is 6.20. The third kappa shape index (κ3) is 4.09. The van der Waals surface area contributed by atoms with Crippen molar-refractivity contribution in [3.63, 3.8) is 0 Å². The quantitative estimate of drug-likeness (QED) is 0.865. The van der Waals surface area contributed by atoms with E-state index in [1.54, 1.807) is 18.2 Å². The third-order valence-electron chi connectivity index (χ3n) is 4.00. The zero-order valence-corrected chi connectivity index (χ0v) is 13.6. The molecule has 2 aromatic rings. The van der Waals surface area contributed by atoms with Crippen molar-refractivity contribution in [2.24, 2.45) is 0 Å². The number of aromatic amines is 1. The second kappa shape index (κ2) is 7.40. The molecule has 0 amide bonds. The van der Waals surface area contributed by atoms with E-state index < -0.39 is 0 Å². The van der Waals surface area contributed by atoms with Gasteiger partial charge in [-0.3, -0.25) is 9.69 Å². The topological polar surface area (TPSA) is 78.5 Å². The number of hydrogen-bond donors (Lipinski definition) is 2. The van der Waals surface area contributed by atoms with Gasteiger partial charge in [-0.05, 0) is 37.6 Å². The van der Waals surface area contributed by atoms with E-state index in [-0.39, 0.29) is 18.3 Å². The number of rotatable bonds is 5. The van der Waals surface area contributed by atoms with E-state index in [1.807, 2.05) is 0 Å². The van der Waals surface area contributed by atoms with E-state index in [2.05, 4.69) is 14.9 Å². The van der Waals surface area contributed by atoms with Crippen molar-refractivity contribution in [1.82, 2.24) is 14.9 Å². The molecular weight excluding hydrogens is 318 g/mol.